The van der Waals surface area contributed by atoms with Crippen LogP contribution in [0.3, 0.4) is 0 Å². The van der Waals surface area contributed by atoms with Crippen LogP contribution in [0.25, 0.3) is 0 Å². The number of nitrogens with zero attached hydrogens (tertiary/aromatic N) is 3. The predicted octanol–water partition coefficient (Wildman–Crippen LogP) is 0.613. The molecule has 0 aliphatic carbocycles. The molecule has 0 saturated carbocycles. The molecular weight excluding hydrogens is 386 g/mol. The second-order valence-corrected chi connectivity index (χ2v) is 7.70. The number of hydrogen-bond acceptors (Lipinski definition) is 5. The summed E-state index contributed by atoms with van der Waals surface area (Å²) in [5, 5.41) is 0. The van der Waals surface area contributed by atoms with Crippen LogP contribution in [0.1, 0.15) is 32.0 Å². The van der Waals surface area contributed by atoms with Crippen molar-refractivity contribution in [3.8, 4) is 0 Å². The lowest BCUT2D eigenvalue weighted by Crippen LogP contribution is -2.50. The van der Waals surface area contributed by atoms with Crippen molar-refractivity contribution in [2.45, 2.75) is 47.2 Å². The number of H-pyrrole nitrogens is 1. The van der Waals surface area contributed by atoms with Crippen molar-refractivity contribution in [3.05, 3.63) is 50.4 Å². The molecule has 0 saturated heterocycles. The Morgan fingerprint density at radius 2 is 2.03 bits per heavy atom. The number of aromatic nitrogens is 3. The minimum Gasteiger partial charge on any atom is -0.383 e. The normalized spacial score (nSPS) is 11.1. The Hall–Kier alpha value is -2.94. The standard InChI is InChI=1S/C21H31N5O4/c1-6-16-8-7-15(4)24(12-16)13-17(27)25(9-10-30-5)18-19(22)26(11-14(2)3)21(29)23-20(18)28/h7-8,12,14H,6,9-11,13H2,1-5H3,(H2-,22,23,28,29)/p+1. The van der Waals surface area contributed by atoms with Gasteiger partial charge in [0, 0.05) is 38.8 Å². The summed E-state index contributed by atoms with van der Waals surface area (Å²) in [6, 6.07) is 3.97. The van der Waals surface area contributed by atoms with Crippen molar-refractivity contribution >= 4 is 17.4 Å². The first kappa shape index (κ1) is 23.3. The van der Waals surface area contributed by atoms with Gasteiger partial charge in [0.05, 0.1) is 6.61 Å². The summed E-state index contributed by atoms with van der Waals surface area (Å²) < 4.78 is 8.27. The van der Waals surface area contributed by atoms with E-state index < -0.39 is 11.2 Å². The quantitative estimate of drug-likeness (QED) is 0.579. The number of nitrogen functional groups attached to an aromatic ring is 1. The topological polar surface area (TPSA) is 114 Å². The molecule has 0 radical (unpaired) electrons. The summed E-state index contributed by atoms with van der Waals surface area (Å²) in [7, 11) is 1.51. The van der Waals surface area contributed by atoms with Gasteiger partial charge >= 0.3 is 5.69 Å². The van der Waals surface area contributed by atoms with E-state index in [9.17, 15) is 14.4 Å². The molecular formula is C21H32N5O4+. The Kier molecular flexibility index (Phi) is 7.93. The minimum atomic E-state index is -0.689. The van der Waals surface area contributed by atoms with E-state index in [0.717, 1.165) is 17.7 Å². The molecule has 3 N–H and O–H groups in total. The van der Waals surface area contributed by atoms with Gasteiger partial charge in [0.15, 0.2) is 17.6 Å². The van der Waals surface area contributed by atoms with E-state index in [1.807, 2.05) is 50.6 Å². The van der Waals surface area contributed by atoms with Gasteiger partial charge in [-0.2, -0.15) is 4.57 Å². The molecule has 2 aromatic heterocycles. The molecule has 0 aliphatic rings. The first-order valence-corrected chi connectivity index (χ1v) is 10.1. The van der Waals surface area contributed by atoms with Crippen LogP contribution in [-0.2, 0) is 29.0 Å². The number of carbonyl (C=O) groups excluding carboxylic acids is 1. The van der Waals surface area contributed by atoms with Gasteiger partial charge in [-0.25, -0.2) is 4.79 Å². The fraction of sp³-hybridized carbons (Fsp3) is 0.524. The van der Waals surface area contributed by atoms with E-state index in [0.29, 0.717) is 6.54 Å². The smallest absolute Gasteiger partial charge is 0.330 e. The molecule has 0 fully saturated rings. The maximum absolute atomic E-state index is 13.2. The molecule has 9 nitrogen and oxygen atoms in total. The van der Waals surface area contributed by atoms with Gasteiger partial charge in [-0.1, -0.05) is 20.8 Å². The maximum Gasteiger partial charge on any atom is 0.330 e. The van der Waals surface area contributed by atoms with Crippen molar-refractivity contribution in [1.29, 1.82) is 0 Å². The third-order valence-corrected chi connectivity index (χ3v) is 4.88. The van der Waals surface area contributed by atoms with E-state index in [4.69, 9.17) is 10.5 Å². The Morgan fingerprint density at radius 3 is 2.63 bits per heavy atom. The number of methoxy groups -OCH3 is 1. The zero-order valence-electron chi connectivity index (χ0n) is 18.4. The van der Waals surface area contributed by atoms with Gasteiger partial charge in [-0.15, -0.1) is 0 Å². The Morgan fingerprint density at radius 1 is 1.33 bits per heavy atom. The van der Waals surface area contributed by atoms with Crippen molar-refractivity contribution in [1.82, 2.24) is 9.55 Å². The molecule has 2 aromatic rings. The summed E-state index contributed by atoms with van der Waals surface area (Å²) in [6.45, 7) is 8.53. The van der Waals surface area contributed by atoms with Crippen LogP contribution in [0.4, 0.5) is 11.5 Å². The Labute approximate surface area is 176 Å². The number of nitrogens with one attached hydrogen (secondary N) is 1. The molecule has 0 spiro atoms. The Bertz CT molecular complexity index is 1010. The number of carbonyl (C=O) groups is 1. The summed E-state index contributed by atoms with van der Waals surface area (Å²) in [5.41, 5.74) is 6.92. The highest BCUT2D eigenvalue weighted by Crippen LogP contribution is 2.18. The molecule has 0 bridgehead atoms. The highest BCUT2D eigenvalue weighted by molar-refractivity contribution is 5.94. The monoisotopic (exact) mass is 418 g/mol. The van der Waals surface area contributed by atoms with Gasteiger partial charge in [0.2, 0.25) is 6.54 Å². The number of nitrogens with two attached hydrogens (primary N) is 1. The van der Waals surface area contributed by atoms with Crippen molar-refractivity contribution < 1.29 is 14.1 Å². The van der Waals surface area contributed by atoms with Gasteiger partial charge in [-0.3, -0.25) is 24.0 Å². The van der Waals surface area contributed by atoms with Crippen molar-refractivity contribution in [3.63, 3.8) is 0 Å². The van der Waals surface area contributed by atoms with Gasteiger partial charge < -0.3 is 10.5 Å². The largest absolute Gasteiger partial charge is 0.383 e. The molecule has 0 atom stereocenters. The first-order chi connectivity index (χ1) is 14.2. The van der Waals surface area contributed by atoms with Gasteiger partial charge in [0.25, 0.3) is 11.5 Å². The third kappa shape index (κ3) is 5.35. The lowest BCUT2D eigenvalue weighted by molar-refractivity contribution is -0.690. The van der Waals surface area contributed by atoms with Gasteiger partial charge in [-0.05, 0) is 18.4 Å². The average molecular weight is 419 g/mol. The van der Waals surface area contributed by atoms with E-state index in [1.54, 1.807) is 0 Å². The second kappa shape index (κ2) is 10.2. The van der Waals surface area contributed by atoms with Crippen molar-refractivity contribution in [2.24, 2.45) is 5.92 Å². The summed E-state index contributed by atoms with van der Waals surface area (Å²) >= 11 is 0. The highest BCUT2D eigenvalue weighted by atomic mass is 16.5. The van der Waals surface area contributed by atoms with Crippen LogP contribution < -0.4 is 26.4 Å². The number of aryl methyl sites for hydroxylation is 2. The van der Waals surface area contributed by atoms with Crippen molar-refractivity contribution in [2.75, 3.05) is 30.9 Å². The predicted molar refractivity (Wildman–Crippen MR) is 116 cm³/mol. The van der Waals surface area contributed by atoms with E-state index in [-0.39, 0.29) is 43.0 Å². The SMILES string of the molecule is CCc1ccc(C)[n+](CC(=O)N(CCOC)c2c(N)n(CC(C)C)c(=O)[nH]c2=O)c1. The minimum absolute atomic E-state index is 0.0223. The van der Waals surface area contributed by atoms with Gasteiger partial charge in [0.1, 0.15) is 5.82 Å². The van der Waals surface area contributed by atoms with Crippen LogP contribution >= 0.6 is 0 Å². The zero-order chi connectivity index (χ0) is 22.4. The van der Waals surface area contributed by atoms with Crippen LogP contribution in [0.15, 0.2) is 27.9 Å². The molecule has 2 rings (SSSR count). The van der Waals surface area contributed by atoms with Crippen LogP contribution in [0.5, 0.6) is 0 Å². The second-order valence-electron chi connectivity index (χ2n) is 7.70. The molecule has 164 valence electrons. The highest BCUT2D eigenvalue weighted by Gasteiger charge is 2.27. The number of anilines is 2. The molecule has 9 heteroatoms. The van der Waals surface area contributed by atoms with Crippen LogP contribution in [0.2, 0.25) is 0 Å². The molecule has 0 aliphatic heterocycles. The number of pyridine rings is 1. The van der Waals surface area contributed by atoms with E-state index in [1.165, 1.54) is 16.6 Å². The maximum atomic E-state index is 13.2. The number of ether oxygens (including phenoxy) is 1. The number of hydrogen-bond donors (Lipinski definition) is 2. The average Bonchev–Trinajstić information content (AvgIpc) is 2.68. The third-order valence-electron chi connectivity index (χ3n) is 4.88. The molecule has 1 amide bonds. The molecule has 30 heavy (non-hydrogen) atoms. The fourth-order valence-electron chi connectivity index (χ4n) is 3.21. The van der Waals surface area contributed by atoms with Crippen LogP contribution in [0, 0.1) is 12.8 Å². The first-order valence-electron chi connectivity index (χ1n) is 10.1. The summed E-state index contributed by atoms with van der Waals surface area (Å²) in [6.07, 6.45) is 2.77. The lowest BCUT2D eigenvalue weighted by Gasteiger charge is -2.24. The molecule has 0 aromatic carbocycles. The fourth-order valence-corrected chi connectivity index (χ4v) is 3.21. The summed E-state index contributed by atoms with van der Waals surface area (Å²) in [4.78, 5) is 41.7. The molecule has 2 heterocycles. The zero-order valence-corrected chi connectivity index (χ0v) is 18.4. The molecule has 0 unspecified atom stereocenters. The summed E-state index contributed by atoms with van der Waals surface area (Å²) in [5.74, 6) is -0.215. The lowest BCUT2D eigenvalue weighted by atomic mass is 10.2. The Balaban J connectivity index is 2.51. The van der Waals surface area contributed by atoms with E-state index in [2.05, 4.69) is 4.98 Å². The number of amides is 1. The van der Waals surface area contributed by atoms with E-state index >= 15 is 0 Å². The van der Waals surface area contributed by atoms with Crippen LogP contribution in [-0.4, -0.2) is 35.7 Å². The number of rotatable bonds is 9. The number of aromatic amines is 1.